The third-order valence-electron chi connectivity index (χ3n) is 4.99. The zero-order valence-electron chi connectivity index (χ0n) is 15.7. The Hall–Kier alpha value is -2.21. The lowest BCUT2D eigenvalue weighted by molar-refractivity contribution is 0.0734. The number of nitrogens with zero attached hydrogens (tertiary/aromatic N) is 3. The molecule has 3 aromatic rings. The molecule has 1 aromatic carbocycles. The van der Waals surface area contributed by atoms with Crippen LogP contribution in [-0.2, 0) is 0 Å². The molecule has 0 unspecified atom stereocenters. The number of benzene rings is 1. The summed E-state index contributed by atoms with van der Waals surface area (Å²) < 4.78 is 0. The van der Waals surface area contributed by atoms with Gasteiger partial charge in [0.25, 0.3) is 5.91 Å². The predicted molar refractivity (Wildman–Crippen MR) is 105 cm³/mol. The smallest absolute Gasteiger partial charge is 0.266 e. The number of carbonyl (C=O) groups excluding carboxylic acids is 1. The Morgan fingerprint density at radius 1 is 1.31 bits per heavy atom. The number of amides is 1. The van der Waals surface area contributed by atoms with Crippen molar-refractivity contribution >= 4 is 28.3 Å². The van der Waals surface area contributed by atoms with Crippen molar-refractivity contribution < 1.29 is 4.79 Å². The van der Waals surface area contributed by atoms with E-state index in [2.05, 4.69) is 42.9 Å². The average molecular weight is 369 g/mol. The van der Waals surface area contributed by atoms with Crippen molar-refractivity contribution in [3.63, 3.8) is 0 Å². The topological polar surface area (TPSA) is 61.9 Å². The third kappa shape index (κ3) is 2.92. The normalized spacial score (nSPS) is 17.6. The monoisotopic (exact) mass is 368 g/mol. The van der Waals surface area contributed by atoms with Gasteiger partial charge in [-0.2, -0.15) is 0 Å². The molecule has 5 nitrogen and oxygen atoms in total. The highest BCUT2D eigenvalue weighted by Crippen LogP contribution is 2.35. The van der Waals surface area contributed by atoms with Crippen LogP contribution in [-0.4, -0.2) is 32.3 Å². The number of thiazole rings is 1. The number of aryl methyl sites for hydroxylation is 2. The number of likely N-dealkylation sites (tertiary alicyclic amines) is 1. The van der Waals surface area contributed by atoms with Crippen molar-refractivity contribution in [1.82, 2.24) is 19.9 Å². The van der Waals surface area contributed by atoms with Crippen molar-refractivity contribution in [2.24, 2.45) is 0 Å². The molecule has 1 aliphatic heterocycles. The fraction of sp³-hybridized carbons (Fsp3) is 0.450. The van der Waals surface area contributed by atoms with Crippen LogP contribution in [0.2, 0.25) is 0 Å². The lowest BCUT2D eigenvalue weighted by Crippen LogP contribution is -2.31. The quantitative estimate of drug-likeness (QED) is 0.726. The first kappa shape index (κ1) is 17.2. The SMILES string of the molecule is Cc1ccc2nc([C@H]3CCCN3C(=O)c3sc(C(C)C)nc3C)[nH]c2c1. The molecule has 0 saturated carbocycles. The molecule has 4 rings (SSSR count). The summed E-state index contributed by atoms with van der Waals surface area (Å²) in [5.41, 5.74) is 4.04. The maximum atomic E-state index is 13.2. The van der Waals surface area contributed by atoms with Gasteiger partial charge in [-0.25, -0.2) is 9.97 Å². The standard InChI is InChI=1S/C20H24N4OS/c1-11(2)19-21-13(4)17(26-19)20(25)24-9-5-6-16(24)18-22-14-8-7-12(3)10-15(14)23-18/h7-8,10-11,16H,5-6,9H2,1-4H3,(H,22,23)/t16-/m1/s1. The van der Waals surface area contributed by atoms with Crippen LogP contribution in [0.15, 0.2) is 18.2 Å². The van der Waals surface area contributed by atoms with Crippen molar-refractivity contribution in [3.8, 4) is 0 Å². The maximum absolute atomic E-state index is 13.2. The Morgan fingerprint density at radius 3 is 2.85 bits per heavy atom. The summed E-state index contributed by atoms with van der Waals surface area (Å²) in [4.78, 5) is 28.7. The van der Waals surface area contributed by atoms with Crippen LogP contribution in [0.5, 0.6) is 0 Å². The highest BCUT2D eigenvalue weighted by atomic mass is 32.1. The van der Waals surface area contributed by atoms with E-state index in [1.165, 1.54) is 16.9 Å². The van der Waals surface area contributed by atoms with Crippen molar-refractivity contribution in [3.05, 3.63) is 45.2 Å². The van der Waals surface area contributed by atoms with Gasteiger partial charge in [0.05, 0.1) is 27.8 Å². The van der Waals surface area contributed by atoms with E-state index in [9.17, 15) is 4.79 Å². The van der Waals surface area contributed by atoms with Crippen molar-refractivity contribution in [1.29, 1.82) is 0 Å². The summed E-state index contributed by atoms with van der Waals surface area (Å²) in [6, 6.07) is 6.22. The highest BCUT2D eigenvalue weighted by Gasteiger charge is 2.34. The number of carbonyl (C=O) groups is 1. The van der Waals surface area contributed by atoms with E-state index in [-0.39, 0.29) is 11.9 Å². The minimum Gasteiger partial charge on any atom is -0.340 e. The van der Waals surface area contributed by atoms with Crippen LogP contribution in [0.1, 0.15) is 70.4 Å². The van der Waals surface area contributed by atoms with E-state index in [0.29, 0.717) is 5.92 Å². The van der Waals surface area contributed by atoms with Crippen LogP contribution in [0.25, 0.3) is 11.0 Å². The van der Waals surface area contributed by atoms with Gasteiger partial charge in [-0.15, -0.1) is 11.3 Å². The second-order valence-electron chi connectivity index (χ2n) is 7.42. The molecule has 136 valence electrons. The molecule has 0 spiro atoms. The van der Waals surface area contributed by atoms with E-state index in [1.54, 1.807) is 0 Å². The van der Waals surface area contributed by atoms with Crippen molar-refractivity contribution in [2.45, 2.75) is 52.5 Å². The lowest BCUT2D eigenvalue weighted by atomic mass is 10.2. The maximum Gasteiger partial charge on any atom is 0.266 e. The van der Waals surface area contributed by atoms with Crippen molar-refractivity contribution in [2.75, 3.05) is 6.54 Å². The van der Waals surface area contributed by atoms with Crippen LogP contribution >= 0.6 is 11.3 Å². The summed E-state index contributed by atoms with van der Waals surface area (Å²) >= 11 is 1.53. The molecular weight excluding hydrogens is 344 g/mol. The molecule has 1 amide bonds. The number of hydrogen-bond donors (Lipinski definition) is 1. The van der Waals surface area contributed by atoms with Crippen LogP contribution < -0.4 is 0 Å². The zero-order valence-corrected chi connectivity index (χ0v) is 16.5. The highest BCUT2D eigenvalue weighted by molar-refractivity contribution is 7.13. The number of aromatic nitrogens is 3. The number of rotatable bonds is 3. The predicted octanol–water partition coefficient (Wildman–Crippen LogP) is 4.74. The van der Waals surface area contributed by atoms with Gasteiger partial charge < -0.3 is 9.88 Å². The molecule has 3 heterocycles. The molecule has 0 radical (unpaired) electrons. The van der Waals surface area contributed by atoms with Crippen LogP contribution in [0.4, 0.5) is 0 Å². The van der Waals surface area contributed by atoms with Gasteiger partial charge >= 0.3 is 0 Å². The Morgan fingerprint density at radius 2 is 2.12 bits per heavy atom. The fourth-order valence-corrected chi connectivity index (χ4v) is 4.61. The van der Waals surface area contributed by atoms with Gasteiger partial charge in [0, 0.05) is 12.5 Å². The molecule has 26 heavy (non-hydrogen) atoms. The van der Waals surface area contributed by atoms with Gasteiger partial charge in [-0.1, -0.05) is 19.9 Å². The minimum absolute atomic E-state index is 0.0132. The number of H-pyrrole nitrogens is 1. The summed E-state index contributed by atoms with van der Waals surface area (Å²) in [7, 11) is 0. The Kier molecular flexibility index (Phi) is 4.31. The summed E-state index contributed by atoms with van der Waals surface area (Å²) in [5, 5.41) is 1.03. The van der Waals surface area contributed by atoms with Gasteiger partial charge in [0.2, 0.25) is 0 Å². The van der Waals surface area contributed by atoms with E-state index in [4.69, 9.17) is 4.98 Å². The van der Waals surface area contributed by atoms with Gasteiger partial charge in [-0.05, 0) is 44.4 Å². The second kappa shape index (κ2) is 6.50. The largest absolute Gasteiger partial charge is 0.340 e. The first-order valence-corrected chi connectivity index (χ1v) is 10.00. The van der Waals surface area contributed by atoms with E-state index < -0.39 is 0 Å². The third-order valence-corrected chi connectivity index (χ3v) is 6.43. The number of nitrogens with one attached hydrogen (secondary N) is 1. The average Bonchev–Trinajstić information content (AvgIpc) is 3.30. The first-order chi connectivity index (χ1) is 12.4. The van der Waals surface area contributed by atoms with Crippen LogP contribution in [0.3, 0.4) is 0 Å². The Labute approximate surface area is 157 Å². The van der Waals surface area contributed by atoms with E-state index >= 15 is 0 Å². The Bertz CT molecular complexity index is 972. The molecule has 0 aliphatic carbocycles. The molecule has 1 N–H and O–H groups in total. The number of hydrogen-bond acceptors (Lipinski definition) is 4. The molecule has 0 bridgehead atoms. The second-order valence-corrected chi connectivity index (χ2v) is 8.45. The molecule has 1 aliphatic rings. The molecule has 6 heteroatoms. The lowest BCUT2D eigenvalue weighted by Gasteiger charge is -2.22. The molecule has 1 saturated heterocycles. The summed E-state index contributed by atoms with van der Waals surface area (Å²) in [6.45, 7) is 9.01. The minimum atomic E-state index is 0.0132. The van der Waals surface area contributed by atoms with Gasteiger partial charge in [0.15, 0.2) is 0 Å². The first-order valence-electron chi connectivity index (χ1n) is 9.18. The number of aromatic amines is 1. The van der Waals surface area contributed by atoms with Gasteiger partial charge in [-0.3, -0.25) is 4.79 Å². The molecule has 1 atom stereocenters. The van der Waals surface area contributed by atoms with Gasteiger partial charge in [0.1, 0.15) is 10.7 Å². The molecule has 2 aromatic heterocycles. The molecule has 1 fully saturated rings. The summed E-state index contributed by atoms with van der Waals surface area (Å²) in [6.07, 6.45) is 1.95. The zero-order chi connectivity index (χ0) is 18.4. The van der Waals surface area contributed by atoms with Crippen LogP contribution in [0, 0.1) is 13.8 Å². The summed E-state index contributed by atoms with van der Waals surface area (Å²) in [5.74, 6) is 1.32. The van der Waals surface area contributed by atoms with E-state index in [1.807, 2.05) is 17.9 Å². The number of imidazole rings is 1. The Balaban J connectivity index is 1.66. The van der Waals surface area contributed by atoms with E-state index in [0.717, 1.165) is 51.8 Å². The molecular formula is C20H24N4OS. The fourth-order valence-electron chi connectivity index (χ4n) is 3.59. The number of fused-ring (bicyclic) bond motifs is 1.